The molecule has 0 fully saturated rings. The first kappa shape index (κ1) is 13.8. The predicted octanol–water partition coefficient (Wildman–Crippen LogP) is 2.26. The van der Waals surface area contributed by atoms with E-state index in [0.29, 0.717) is 5.69 Å². The third-order valence-electron chi connectivity index (χ3n) is 3.42. The maximum atomic E-state index is 12.2. The van der Waals surface area contributed by atoms with Gasteiger partial charge in [-0.15, -0.1) is 0 Å². The first-order valence-corrected chi connectivity index (χ1v) is 7.48. The summed E-state index contributed by atoms with van der Waals surface area (Å²) in [4.78, 5) is 12.2. The maximum absolute atomic E-state index is 12.2. The molecular formula is C15H15N3O2S. The number of nitrogens with zero attached hydrogens (tertiary/aromatic N) is 1. The summed E-state index contributed by atoms with van der Waals surface area (Å²) in [6.45, 7) is 1.81. The Hall–Kier alpha value is -2.18. The number of amides is 1. The smallest absolute Gasteiger partial charge is 0.272 e. The Morgan fingerprint density at radius 1 is 1.43 bits per heavy atom. The highest BCUT2D eigenvalue weighted by Crippen LogP contribution is 2.22. The number of carbonyl (C=O) groups excluding carboxylic acids is 1. The number of H-pyrrole nitrogens is 1. The van der Waals surface area contributed by atoms with E-state index in [4.69, 9.17) is 0 Å². The number of para-hydroxylation sites is 1. The average Bonchev–Trinajstić information content (AvgIpc) is 3.14. The minimum Gasteiger partial charge on any atom is -0.384 e. The van der Waals surface area contributed by atoms with Crippen LogP contribution in [0.5, 0.6) is 0 Å². The van der Waals surface area contributed by atoms with Gasteiger partial charge in [-0.3, -0.25) is 9.89 Å². The van der Waals surface area contributed by atoms with Gasteiger partial charge < -0.3 is 10.4 Å². The third-order valence-corrected chi connectivity index (χ3v) is 4.10. The van der Waals surface area contributed by atoms with Crippen LogP contribution >= 0.6 is 11.3 Å². The molecule has 6 heteroatoms. The summed E-state index contributed by atoms with van der Waals surface area (Å²) in [5.74, 6) is -0.303. The van der Waals surface area contributed by atoms with E-state index < -0.39 is 5.60 Å². The Morgan fingerprint density at radius 2 is 2.24 bits per heavy atom. The van der Waals surface area contributed by atoms with Crippen molar-refractivity contribution in [2.75, 3.05) is 6.54 Å². The van der Waals surface area contributed by atoms with Gasteiger partial charge in [0.1, 0.15) is 5.60 Å². The van der Waals surface area contributed by atoms with E-state index >= 15 is 0 Å². The molecule has 2 heterocycles. The van der Waals surface area contributed by atoms with E-state index in [1.54, 1.807) is 6.92 Å². The maximum Gasteiger partial charge on any atom is 0.272 e. The number of aromatic nitrogens is 2. The number of hydrogen-bond donors (Lipinski definition) is 3. The molecule has 1 atom stereocenters. The van der Waals surface area contributed by atoms with E-state index in [-0.39, 0.29) is 12.5 Å². The van der Waals surface area contributed by atoms with Crippen LogP contribution in [-0.4, -0.2) is 27.8 Å². The van der Waals surface area contributed by atoms with Crippen molar-refractivity contribution in [3.05, 3.63) is 52.3 Å². The van der Waals surface area contributed by atoms with Crippen molar-refractivity contribution in [3.8, 4) is 0 Å². The fourth-order valence-electron chi connectivity index (χ4n) is 2.15. The van der Waals surface area contributed by atoms with Crippen LogP contribution < -0.4 is 5.32 Å². The van der Waals surface area contributed by atoms with Gasteiger partial charge in [0.05, 0.1) is 12.1 Å². The van der Waals surface area contributed by atoms with Gasteiger partial charge in [-0.1, -0.05) is 18.2 Å². The third kappa shape index (κ3) is 2.68. The number of benzene rings is 1. The van der Waals surface area contributed by atoms with E-state index in [1.807, 2.05) is 41.1 Å². The SMILES string of the molecule is CC(O)(CNC(=O)c1n[nH]c2ccccc12)c1ccsc1. The standard InChI is InChI=1S/C15H15N3O2S/c1-15(20,10-6-7-21-8-10)9-16-14(19)13-11-4-2-3-5-12(11)17-18-13/h2-8,20H,9H2,1H3,(H,16,19)(H,17,18). The van der Waals surface area contributed by atoms with Crippen LogP contribution in [0.15, 0.2) is 41.1 Å². The number of hydrogen-bond acceptors (Lipinski definition) is 4. The highest BCUT2D eigenvalue weighted by atomic mass is 32.1. The average molecular weight is 301 g/mol. The number of carbonyl (C=O) groups is 1. The highest BCUT2D eigenvalue weighted by molar-refractivity contribution is 7.08. The Labute approximate surface area is 125 Å². The summed E-state index contributed by atoms with van der Waals surface area (Å²) in [5.41, 5.74) is 0.848. The second kappa shape index (κ2) is 5.31. The number of aliphatic hydroxyl groups is 1. The Morgan fingerprint density at radius 3 is 3.00 bits per heavy atom. The molecule has 0 bridgehead atoms. The zero-order valence-corrected chi connectivity index (χ0v) is 12.3. The molecule has 3 N–H and O–H groups in total. The lowest BCUT2D eigenvalue weighted by Gasteiger charge is -2.22. The molecule has 0 saturated heterocycles. The van der Waals surface area contributed by atoms with Crippen LogP contribution in [-0.2, 0) is 5.60 Å². The topological polar surface area (TPSA) is 78.0 Å². The number of aromatic amines is 1. The van der Waals surface area contributed by atoms with Crippen molar-refractivity contribution in [1.29, 1.82) is 0 Å². The molecule has 1 unspecified atom stereocenters. The van der Waals surface area contributed by atoms with Gasteiger partial charge in [-0.25, -0.2) is 0 Å². The fourth-order valence-corrected chi connectivity index (χ4v) is 2.93. The van der Waals surface area contributed by atoms with Crippen LogP contribution in [0.1, 0.15) is 23.0 Å². The van der Waals surface area contributed by atoms with Crippen molar-refractivity contribution in [3.63, 3.8) is 0 Å². The van der Waals surface area contributed by atoms with Gasteiger partial charge in [-0.2, -0.15) is 16.4 Å². The number of thiophene rings is 1. The molecule has 1 aromatic carbocycles. The predicted molar refractivity (Wildman–Crippen MR) is 82.3 cm³/mol. The minimum absolute atomic E-state index is 0.129. The van der Waals surface area contributed by atoms with Gasteiger partial charge in [-0.05, 0) is 35.4 Å². The number of rotatable bonds is 4. The fraction of sp³-hybridized carbons (Fsp3) is 0.200. The van der Waals surface area contributed by atoms with E-state index in [2.05, 4.69) is 15.5 Å². The van der Waals surface area contributed by atoms with Crippen LogP contribution in [0.25, 0.3) is 10.9 Å². The van der Waals surface area contributed by atoms with Gasteiger partial charge in [0.25, 0.3) is 5.91 Å². The summed E-state index contributed by atoms with van der Waals surface area (Å²) in [6, 6.07) is 9.28. The molecule has 21 heavy (non-hydrogen) atoms. The highest BCUT2D eigenvalue weighted by Gasteiger charge is 2.25. The molecule has 108 valence electrons. The summed E-state index contributed by atoms with van der Waals surface area (Å²) >= 11 is 1.51. The molecule has 0 radical (unpaired) electrons. The molecule has 0 aliphatic heterocycles. The molecule has 3 aromatic rings. The normalized spacial score (nSPS) is 14.0. The van der Waals surface area contributed by atoms with Crippen LogP contribution in [0, 0.1) is 0 Å². The van der Waals surface area contributed by atoms with Crippen LogP contribution in [0.3, 0.4) is 0 Å². The summed E-state index contributed by atoms with van der Waals surface area (Å²) in [6.07, 6.45) is 0. The van der Waals surface area contributed by atoms with Crippen molar-refractivity contribution < 1.29 is 9.90 Å². The summed E-state index contributed by atoms with van der Waals surface area (Å²) in [5, 5.41) is 24.5. The van der Waals surface area contributed by atoms with E-state index in [1.165, 1.54) is 11.3 Å². The first-order valence-electron chi connectivity index (χ1n) is 6.54. The molecule has 0 saturated carbocycles. The summed E-state index contributed by atoms with van der Waals surface area (Å²) < 4.78 is 0. The second-order valence-corrected chi connectivity index (χ2v) is 5.87. The quantitative estimate of drug-likeness (QED) is 0.691. The molecule has 0 aliphatic carbocycles. The molecule has 0 aliphatic rings. The zero-order chi connectivity index (χ0) is 14.9. The van der Waals surface area contributed by atoms with Crippen molar-refractivity contribution in [2.45, 2.75) is 12.5 Å². The van der Waals surface area contributed by atoms with Gasteiger partial charge >= 0.3 is 0 Å². The van der Waals surface area contributed by atoms with Crippen LogP contribution in [0.4, 0.5) is 0 Å². The van der Waals surface area contributed by atoms with Crippen molar-refractivity contribution in [1.82, 2.24) is 15.5 Å². The molecule has 3 rings (SSSR count). The van der Waals surface area contributed by atoms with E-state index in [0.717, 1.165) is 16.5 Å². The van der Waals surface area contributed by atoms with Crippen molar-refractivity contribution in [2.24, 2.45) is 0 Å². The summed E-state index contributed by atoms with van der Waals surface area (Å²) in [7, 11) is 0. The monoisotopic (exact) mass is 301 g/mol. The molecular weight excluding hydrogens is 286 g/mol. The van der Waals surface area contributed by atoms with Gasteiger partial charge in [0.2, 0.25) is 0 Å². The molecule has 5 nitrogen and oxygen atoms in total. The number of fused-ring (bicyclic) bond motifs is 1. The Bertz CT molecular complexity index is 762. The van der Waals surface area contributed by atoms with Gasteiger partial charge in [0, 0.05) is 5.39 Å². The lowest BCUT2D eigenvalue weighted by atomic mass is 9.99. The van der Waals surface area contributed by atoms with Crippen LogP contribution in [0.2, 0.25) is 0 Å². The van der Waals surface area contributed by atoms with Gasteiger partial charge in [0.15, 0.2) is 5.69 Å². The first-order chi connectivity index (χ1) is 10.1. The van der Waals surface area contributed by atoms with Crippen molar-refractivity contribution >= 4 is 28.1 Å². The Balaban J connectivity index is 1.75. The zero-order valence-electron chi connectivity index (χ0n) is 11.5. The Kier molecular flexibility index (Phi) is 3.48. The molecule has 2 aromatic heterocycles. The van der Waals surface area contributed by atoms with E-state index in [9.17, 15) is 9.90 Å². The largest absolute Gasteiger partial charge is 0.384 e. The second-order valence-electron chi connectivity index (χ2n) is 5.09. The lowest BCUT2D eigenvalue weighted by molar-refractivity contribution is 0.0529. The molecule has 1 amide bonds. The number of nitrogens with one attached hydrogen (secondary N) is 2. The molecule has 0 spiro atoms. The minimum atomic E-state index is -1.10. The lowest BCUT2D eigenvalue weighted by Crippen LogP contribution is -2.38.